The fraction of sp³-hybridized carbons (Fsp3) is 0.167. The zero-order valence-corrected chi connectivity index (χ0v) is 15.3. The largest absolute Gasteiger partial charge is 0.453 e. The van der Waals surface area contributed by atoms with E-state index in [0.717, 1.165) is 10.9 Å². The highest BCUT2D eigenvalue weighted by Crippen LogP contribution is 2.35. The number of aromatic amines is 1. The molecule has 2 aromatic heterocycles. The summed E-state index contributed by atoms with van der Waals surface area (Å²) in [5, 5.41) is 14.5. The predicted molar refractivity (Wildman–Crippen MR) is 95.9 cm³/mol. The first-order valence-electron chi connectivity index (χ1n) is 8.02. The molecule has 2 heterocycles. The van der Waals surface area contributed by atoms with Crippen LogP contribution < -0.4 is 0 Å². The number of H-pyrrole nitrogens is 1. The summed E-state index contributed by atoms with van der Waals surface area (Å²) in [6, 6.07) is 11.8. The number of tetrazole rings is 1. The number of halogens is 4. The maximum Gasteiger partial charge on any atom is 0.417 e. The van der Waals surface area contributed by atoms with Crippen molar-refractivity contribution >= 4 is 26.9 Å². The minimum absolute atomic E-state index is 0.0461. The van der Waals surface area contributed by atoms with E-state index in [2.05, 4.69) is 36.6 Å². The van der Waals surface area contributed by atoms with Gasteiger partial charge in [0, 0.05) is 9.86 Å². The van der Waals surface area contributed by atoms with Gasteiger partial charge in [0.1, 0.15) is 5.58 Å². The third-order valence-electron chi connectivity index (χ3n) is 4.19. The van der Waals surface area contributed by atoms with Crippen LogP contribution in [0.15, 0.2) is 51.4 Å². The molecule has 0 spiro atoms. The first-order chi connectivity index (χ1) is 12.9. The van der Waals surface area contributed by atoms with Crippen molar-refractivity contribution in [2.75, 3.05) is 0 Å². The molecule has 4 rings (SSSR count). The lowest BCUT2D eigenvalue weighted by Crippen LogP contribution is -2.07. The summed E-state index contributed by atoms with van der Waals surface area (Å²) in [6.07, 6.45) is -3.30. The Morgan fingerprint density at radius 3 is 2.44 bits per heavy atom. The van der Waals surface area contributed by atoms with Crippen molar-refractivity contribution in [1.82, 2.24) is 20.6 Å². The molecular weight excluding hydrogens is 425 g/mol. The third-order valence-corrected chi connectivity index (χ3v) is 4.88. The van der Waals surface area contributed by atoms with E-state index >= 15 is 0 Å². The number of nitrogens with zero attached hydrogens (tertiary/aromatic N) is 3. The van der Waals surface area contributed by atoms with E-state index in [1.54, 1.807) is 6.07 Å². The number of alkyl halides is 3. The van der Waals surface area contributed by atoms with Crippen LogP contribution in [0.4, 0.5) is 13.2 Å². The van der Waals surface area contributed by atoms with Gasteiger partial charge < -0.3 is 4.42 Å². The molecule has 138 valence electrons. The summed E-state index contributed by atoms with van der Waals surface area (Å²) in [7, 11) is 0. The fourth-order valence-corrected chi connectivity index (χ4v) is 3.31. The smallest absolute Gasteiger partial charge is 0.417 e. The number of rotatable bonds is 4. The maximum absolute atomic E-state index is 13.0. The molecule has 1 N–H and O–H groups in total. The average molecular weight is 437 g/mol. The molecule has 4 aromatic rings. The van der Waals surface area contributed by atoms with Gasteiger partial charge in [0.2, 0.25) is 5.82 Å². The van der Waals surface area contributed by atoms with Crippen LogP contribution in [0, 0.1) is 0 Å². The first kappa shape index (κ1) is 17.7. The third kappa shape index (κ3) is 3.73. The summed E-state index contributed by atoms with van der Waals surface area (Å²) in [5.74, 6) is 0.862. The molecule has 0 atom stereocenters. The molecule has 0 bridgehead atoms. The number of furan rings is 1. The van der Waals surface area contributed by atoms with Crippen LogP contribution in [0.3, 0.4) is 0 Å². The quantitative estimate of drug-likeness (QED) is 0.478. The van der Waals surface area contributed by atoms with E-state index in [1.165, 1.54) is 12.1 Å². The Hall–Kier alpha value is -2.68. The van der Waals surface area contributed by atoms with Gasteiger partial charge in [0.15, 0.2) is 5.76 Å². The summed E-state index contributed by atoms with van der Waals surface area (Å²) < 4.78 is 44.9. The average Bonchev–Trinajstić information content (AvgIpc) is 3.28. The second-order valence-corrected chi connectivity index (χ2v) is 6.88. The number of nitrogens with one attached hydrogen (secondary N) is 1. The van der Waals surface area contributed by atoms with E-state index < -0.39 is 11.7 Å². The predicted octanol–water partition coefficient (Wildman–Crippen LogP) is 5.18. The van der Waals surface area contributed by atoms with Gasteiger partial charge in [0.25, 0.3) is 0 Å². The molecule has 2 aromatic carbocycles. The van der Waals surface area contributed by atoms with E-state index in [-0.39, 0.29) is 4.47 Å². The lowest BCUT2D eigenvalue weighted by atomic mass is 10.0. The Balaban J connectivity index is 1.54. The summed E-state index contributed by atoms with van der Waals surface area (Å²) >= 11 is 2.96. The second kappa shape index (κ2) is 6.80. The number of fused-ring (bicyclic) bond motifs is 1. The Labute approximate surface area is 159 Å². The van der Waals surface area contributed by atoms with Crippen LogP contribution in [0.25, 0.3) is 22.6 Å². The SMILES string of the molecule is FC(F)(F)c1cc(CCc2ccc3cc(-c4nn[nH]n4)oc3c2)ccc1Br. The van der Waals surface area contributed by atoms with Gasteiger partial charge in [-0.05, 0) is 53.4 Å². The Morgan fingerprint density at radius 1 is 1.00 bits per heavy atom. The summed E-state index contributed by atoms with van der Waals surface area (Å²) in [4.78, 5) is 0. The molecule has 0 aliphatic carbocycles. The molecule has 0 unspecified atom stereocenters. The molecule has 0 radical (unpaired) electrons. The van der Waals surface area contributed by atoms with Crippen LogP contribution in [0.2, 0.25) is 0 Å². The van der Waals surface area contributed by atoms with Crippen molar-refractivity contribution in [2.45, 2.75) is 19.0 Å². The molecule has 0 fully saturated rings. The van der Waals surface area contributed by atoms with Crippen LogP contribution in [-0.4, -0.2) is 20.6 Å². The highest BCUT2D eigenvalue weighted by atomic mass is 79.9. The van der Waals surface area contributed by atoms with Crippen LogP contribution in [-0.2, 0) is 19.0 Å². The monoisotopic (exact) mass is 436 g/mol. The van der Waals surface area contributed by atoms with E-state index in [9.17, 15) is 13.2 Å². The molecule has 0 saturated heterocycles. The number of aromatic nitrogens is 4. The van der Waals surface area contributed by atoms with E-state index in [0.29, 0.717) is 35.6 Å². The van der Waals surface area contributed by atoms with Crippen molar-refractivity contribution in [1.29, 1.82) is 0 Å². The molecule has 0 amide bonds. The van der Waals surface area contributed by atoms with Gasteiger partial charge in [-0.3, -0.25) is 0 Å². The molecule has 5 nitrogen and oxygen atoms in total. The normalized spacial score (nSPS) is 12.0. The van der Waals surface area contributed by atoms with Crippen molar-refractivity contribution in [3.8, 4) is 11.6 Å². The second-order valence-electron chi connectivity index (χ2n) is 6.03. The highest BCUT2D eigenvalue weighted by Gasteiger charge is 2.33. The summed E-state index contributed by atoms with van der Waals surface area (Å²) in [5.41, 5.74) is 1.59. The van der Waals surface area contributed by atoms with Gasteiger partial charge >= 0.3 is 6.18 Å². The molecule has 0 aliphatic heterocycles. The minimum Gasteiger partial charge on any atom is -0.453 e. The van der Waals surface area contributed by atoms with E-state index in [1.807, 2.05) is 24.3 Å². The van der Waals surface area contributed by atoms with E-state index in [4.69, 9.17) is 4.42 Å². The zero-order chi connectivity index (χ0) is 19.0. The molecule has 27 heavy (non-hydrogen) atoms. The van der Waals surface area contributed by atoms with Crippen LogP contribution >= 0.6 is 15.9 Å². The standard InChI is InChI=1S/C18H12BrF3N4O/c19-14-6-4-10(7-13(14)18(20,21)22)1-2-11-3-5-12-9-16(27-15(12)8-11)17-23-25-26-24-17/h3-9H,1-2H2,(H,23,24,25,26). The zero-order valence-electron chi connectivity index (χ0n) is 13.7. The number of hydrogen-bond acceptors (Lipinski definition) is 4. The Morgan fingerprint density at radius 2 is 1.74 bits per heavy atom. The fourth-order valence-electron chi connectivity index (χ4n) is 2.84. The maximum atomic E-state index is 13.0. The molecule has 0 saturated carbocycles. The van der Waals surface area contributed by atoms with Crippen LogP contribution in [0.1, 0.15) is 16.7 Å². The highest BCUT2D eigenvalue weighted by molar-refractivity contribution is 9.10. The Kier molecular flexibility index (Phi) is 4.47. The Bertz CT molecular complexity index is 1090. The number of aryl methyl sites for hydroxylation is 2. The lowest BCUT2D eigenvalue weighted by molar-refractivity contribution is -0.138. The van der Waals surface area contributed by atoms with Gasteiger partial charge in [-0.1, -0.05) is 34.1 Å². The van der Waals surface area contributed by atoms with Crippen molar-refractivity contribution < 1.29 is 17.6 Å². The van der Waals surface area contributed by atoms with Gasteiger partial charge in [-0.2, -0.15) is 18.4 Å². The van der Waals surface area contributed by atoms with Gasteiger partial charge in [0.05, 0.1) is 5.56 Å². The number of benzene rings is 2. The summed E-state index contributed by atoms with van der Waals surface area (Å²) in [6.45, 7) is 0. The van der Waals surface area contributed by atoms with Crippen molar-refractivity contribution in [3.63, 3.8) is 0 Å². The number of hydrogen-bond donors (Lipinski definition) is 1. The van der Waals surface area contributed by atoms with Crippen molar-refractivity contribution in [2.24, 2.45) is 0 Å². The lowest BCUT2D eigenvalue weighted by Gasteiger charge is -2.11. The molecule has 0 aliphatic rings. The van der Waals surface area contributed by atoms with Crippen molar-refractivity contribution in [3.05, 3.63) is 63.6 Å². The first-order valence-corrected chi connectivity index (χ1v) is 8.81. The minimum atomic E-state index is -4.38. The topological polar surface area (TPSA) is 67.6 Å². The molecular formula is C18H12BrF3N4O. The van der Waals surface area contributed by atoms with Crippen LogP contribution in [0.5, 0.6) is 0 Å². The van der Waals surface area contributed by atoms with Gasteiger partial charge in [-0.25, -0.2) is 0 Å². The van der Waals surface area contributed by atoms with Gasteiger partial charge in [-0.15, -0.1) is 10.2 Å². The molecule has 9 heteroatoms.